The number of aromatic nitrogens is 1. The molecule has 0 spiro atoms. The van der Waals surface area contributed by atoms with E-state index in [1.807, 2.05) is 37.3 Å². The Morgan fingerprint density at radius 2 is 1.77 bits per heavy atom. The number of methoxy groups -OCH3 is 1. The number of ether oxygens (including phenoxy) is 1. The lowest BCUT2D eigenvalue weighted by molar-refractivity contribution is 0.0762. The topological polar surface area (TPSA) is 51.5 Å². The fraction of sp³-hybridized carbons (Fsp3) is 0.389. The lowest BCUT2D eigenvalue weighted by Crippen LogP contribution is -2.33. The summed E-state index contributed by atoms with van der Waals surface area (Å²) in [4.78, 5) is 12.7. The van der Waals surface area contributed by atoms with Crippen LogP contribution in [-0.4, -0.2) is 23.4 Å². The van der Waals surface area contributed by atoms with Gasteiger partial charge in [-0.1, -0.05) is 29.8 Å². The van der Waals surface area contributed by atoms with Gasteiger partial charge >= 0.3 is 0 Å². The molecule has 0 amide bonds. The van der Waals surface area contributed by atoms with Crippen molar-refractivity contribution in [3.05, 3.63) is 57.9 Å². The van der Waals surface area contributed by atoms with Crippen molar-refractivity contribution in [3.63, 3.8) is 0 Å². The van der Waals surface area contributed by atoms with E-state index in [0.29, 0.717) is 18.7 Å². The Morgan fingerprint density at radius 3 is 2.32 bits per heavy atom. The summed E-state index contributed by atoms with van der Waals surface area (Å²) in [7, 11) is 1.61. The lowest BCUT2D eigenvalue weighted by atomic mass is 9.98. The van der Waals surface area contributed by atoms with Crippen molar-refractivity contribution in [2.75, 3.05) is 13.7 Å². The third-order valence-corrected chi connectivity index (χ3v) is 3.70. The van der Waals surface area contributed by atoms with Gasteiger partial charge in [-0.05, 0) is 38.5 Å². The fourth-order valence-electron chi connectivity index (χ4n) is 2.42. The standard InChI is InChI=1S/C18H23NO3/c1-13-5-7-14(8-6-13)16-10-9-15(18(2,3)21)17(20)19(16)11-12-22-4/h5-10,21H,11-12H2,1-4H3. The molecular weight excluding hydrogens is 278 g/mol. The Balaban J connectivity index is 2.61. The number of nitrogens with zero attached hydrogens (tertiary/aromatic N) is 1. The molecule has 22 heavy (non-hydrogen) atoms. The zero-order valence-corrected chi connectivity index (χ0v) is 13.6. The number of pyridine rings is 1. The van der Waals surface area contributed by atoms with E-state index >= 15 is 0 Å². The molecule has 1 heterocycles. The highest BCUT2D eigenvalue weighted by Gasteiger charge is 2.22. The highest BCUT2D eigenvalue weighted by atomic mass is 16.5. The fourth-order valence-corrected chi connectivity index (χ4v) is 2.42. The van der Waals surface area contributed by atoms with Gasteiger partial charge in [0.25, 0.3) is 5.56 Å². The molecule has 0 atom stereocenters. The predicted molar refractivity (Wildman–Crippen MR) is 88.0 cm³/mol. The van der Waals surface area contributed by atoms with Crippen LogP contribution in [0.5, 0.6) is 0 Å². The Hall–Kier alpha value is -1.91. The molecular formula is C18H23NO3. The number of aryl methyl sites for hydroxylation is 1. The highest BCUT2D eigenvalue weighted by molar-refractivity contribution is 5.60. The van der Waals surface area contributed by atoms with Gasteiger partial charge in [-0.25, -0.2) is 0 Å². The van der Waals surface area contributed by atoms with Crippen LogP contribution in [0.3, 0.4) is 0 Å². The quantitative estimate of drug-likeness (QED) is 0.924. The van der Waals surface area contributed by atoms with Gasteiger partial charge < -0.3 is 14.4 Å². The van der Waals surface area contributed by atoms with Crippen molar-refractivity contribution in [3.8, 4) is 11.3 Å². The summed E-state index contributed by atoms with van der Waals surface area (Å²) in [5.74, 6) is 0. The Morgan fingerprint density at radius 1 is 1.14 bits per heavy atom. The van der Waals surface area contributed by atoms with Crippen LogP contribution in [0.25, 0.3) is 11.3 Å². The van der Waals surface area contributed by atoms with E-state index in [1.54, 1.807) is 31.6 Å². The third-order valence-electron chi connectivity index (χ3n) is 3.70. The molecule has 0 aliphatic carbocycles. The van der Waals surface area contributed by atoms with Crippen LogP contribution >= 0.6 is 0 Å². The van der Waals surface area contributed by atoms with Gasteiger partial charge in [-0.3, -0.25) is 4.79 Å². The van der Waals surface area contributed by atoms with E-state index < -0.39 is 5.60 Å². The second kappa shape index (κ2) is 6.46. The van der Waals surface area contributed by atoms with E-state index in [1.165, 1.54) is 5.56 Å². The number of rotatable bonds is 5. The molecule has 1 aromatic heterocycles. The van der Waals surface area contributed by atoms with E-state index in [2.05, 4.69) is 0 Å². The minimum Gasteiger partial charge on any atom is -0.386 e. The molecule has 0 aliphatic heterocycles. The summed E-state index contributed by atoms with van der Waals surface area (Å²) in [6, 6.07) is 11.6. The van der Waals surface area contributed by atoms with E-state index in [0.717, 1.165) is 11.3 Å². The van der Waals surface area contributed by atoms with Gasteiger partial charge in [-0.15, -0.1) is 0 Å². The zero-order valence-electron chi connectivity index (χ0n) is 13.6. The van der Waals surface area contributed by atoms with E-state index in [4.69, 9.17) is 4.74 Å². The number of hydrogen-bond acceptors (Lipinski definition) is 3. The maximum atomic E-state index is 12.7. The first-order valence-corrected chi connectivity index (χ1v) is 7.37. The molecule has 1 N–H and O–H groups in total. The summed E-state index contributed by atoms with van der Waals surface area (Å²) < 4.78 is 6.78. The minimum absolute atomic E-state index is 0.178. The van der Waals surface area contributed by atoms with Crippen molar-refractivity contribution < 1.29 is 9.84 Å². The lowest BCUT2D eigenvalue weighted by Gasteiger charge is -2.21. The predicted octanol–water partition coefficient (Wildman–Crippen LogP) is 2.70. The summed E-state index contributed by atoms with van der Waals surface area (Å²) in [5, 5.41) is 10.2. The van der Waals surface area contributed by atoms with Crippen LogP contribution in [0, 0.1) is 6.92 Å². The second-order valence-corrected chi connectivity index (χ2v) is 6.01. The van der Waals surface area contributed by atoms with Crippen LogP contribution < -0.4 is 5.56 Å². The molecule has 0 unspecified atom stereocenters. The van der Waals surface area contributed by atoms with Crippen molar-refractivity contribution in [1.29, 1.82) is 0 Å². The molecule has 4 heteroatoms. The van der Waals surface area contributed by atoms with Gasteiger partial charge in [0.05, 0.1) is 17.9 Å². The Kier molecular flexibility index (Phi) is 4.84. The Bertz CT molecular complexity index is 694. The summed E-state index contributed by atoms with van der Waals surface area (Å²) >= 11 is 0. The molecule has 0 aliphatic rings. The first kappa shape index (κ1) is 16.5. The van der Waals surface area contributed by atoms with E-state index in [9.17, 15) is 9.90 Å². The van der Waals surface area contributed by atoms with Gasteiger partial charge in [0.1, 0.15) is 0 Å². The van der Waals surface area contributed by atoms with Crippen molar-refractivity contribution in [1.82, 2.24) is 4.57 Å². The highest BCUT2D eigenvalue weighted by Crippen LogP contribution is 2.22. The minimum atomic E-state index is -1.17. The van der Waals surface area contributed by atoms with E-state index in [-0.39, 0.29) is 5.56 Å². The van der Waals surface area contributed by atoms with Gasteiger partial charge in [0, 0.05) is 19.2 Å². The third kappa shape index (κ3) is 3.46. The average molecular weight is 301 g/mol. The number of benzene rings is 1. The molecule has 118 valence electrons. The number of aliphatic hydroxyl groups is 1. The molecule has 0 fully saturated rings. The average Bonchev–Trinajstić information content (AvgIpc) is 2.45. The normalized spacial score (nSPS) is 11.7. The molecule has 0 radical (unpaired) electrons. The van der Waals surface area contributed by atoms with Crippen LogP contribution in [0.15, 0.2) is 41.2 Å². The molecule has 0 saturated carbocycles. The van der Waals surface area contributed by atoms with Gasteiger partial charge in [0.15, 0.2) is 0 Å². The molecule has 2 aromatic rings. The van der Waals surface area contributed by atoms with Crippen LogP contribution in [-0.2, 0) is 16.9 Å². The molecule has 2 rings (SSSR count). The first-order valence-electron chi connectivity index (χ1n) is 7.37. The molecule has 0 saturated heterocycles. The van der Waals surface area contributed by atoms with Gasteiger partial charge in [-0.2, -0.15) is 0 Å². The first-order chi connectivity index (χ1) is 10.3. The second-order valence-electron chi connectivity index (χ2n) is 6.01. The summed E-state index contributed by atoms with van der Waals surface area (Å²) in [6.45, 7) is 6.15. The molecule has 1 aromatic carbocycles. The van der Waals surface area contributed by atoms with Crippen LogP contribution in [0.2, 0.25) is 0 Å². The van der Waals surface area contributed by atoms with Crippen LogP contribution in [0.1, 0.15) is 25.0 Å². The summed E-state index contributed by atoms with van der Waals surface area (Å²) in [6.07, 6.45) is 0. The Labute approximate surface area is 131 Å². The van der Waals surface area contributed by atoms with Crippen LogP contribution in [0.4, 0.5) is 0 Å². The monoisotopic (exact) mass is 301 g/mol. The van der Waals surface area contributed by atoms with Crippen molar-refractivity contribution in [2.24, 2.45) is 0 Å². The van der Waals surface area contributed by atoms with Crippen molar-refractivity contribution >= 4 is 0 Å². The molecule has 4 nitrogen and oxygen atoms in total. The molecule has 0 bridgehead atoms. The smallest absolute Gasteiger partial charge is 0.257 e. The maximum Gasteiger partial charge on any atom is 0.257 e. The van der Waals surface area contributed by atoms with Crippen molar-refractivity contribution in [2.45, 2.75) is 32.9 Å². The van der Waals surface area contributed by atoms with Gasteiger partial charge in [0.2, 0.25) is 0 Å². The number of hydrogen-bond donors (Lipinski definition) is 1. The maximum absolute atomic E-state index is 12.7. The zero-order chi connectivity index (χ0) is 16.3. The SMILES string of the molecule is COCCn1c(-c2ccc(C)cc2)ccc(C(C)(C)O)c1=O. The largest absolute Gasteiger partial charge is 0.386 e. The summed E-state index contributed by atoms with van der Waals surface area (Å²) in [5.41, 5.74) is 2.01.